The summed E-state index contributed by atoms with van der Waals surface area (Å²) in [5.41, 5.74) is 0.566. The first-order valence-electron chi connectivity index (χ1n) is 6.33. The molecule has 0 saturated carbocycles. The van der Waals surface area contributed by atoms with Crippen molar-refractivity contribution in [2.24, 2.45) is 0 Å². The van der Waals surface area contributed by atoms with Crippen molar-refractivity contribution < 1.29 is 14.1 Å². The van der Waals surface area contributed by atoms with Gasteiger partial charge in [0.05, 0.1) is 10.6 Å². The molecule has 0 saturated heterocycles. The van der Waals surface area contributed by atoms with Crippen molar-refractivity contribution in [2.75, 3.05) is 5.32 Å². The highest BCUT2D eigenvalue weighted by molar-refractivity contribution is 9.10. The number of hydrogen-bond acceptors (Lipinski definition) is 4. The minimum absolute atomic E-state index is 0.0639. The van der Waals surface area contributed by atoms with Gasteiger partial charge >= 0.3 is 0 Å². The maximum atomic E-state index is 13.1. The molecule has 0 aliphatic heterocycles. The summed E-state index contributed by atoms with van der Waals surface area (Å²) in [5, 5.41) is 13.3. The average molecular weight is 379 g/mol. The van der Waals surface area contributed by atoms with Gasteiger partial charge in [0.15, 0.2) is 0 Å². The van der Waals surface area contributed by atoms with Crippen LogP contribution in [0.25, 0.3) is 5.65 Å². The van der Waals surface area contributed by atoms with Gasteiger partial charge in [0.1, 0.15) is 17.2 Å². The summed E-state index contributed by atoms with van der Waals surface area (Å²) in [7, 11) is 0. The molecule has 0 bridgehead atoms. The molecule has 3 rings (SSSR count). The lowest BCUT2D eigenvalue weighted by Crippen LogP contribution is -2.12. The molecule has 1 N–H and O–H groups in total. The predicted octanol–water partition coefficient (Wildman–Crippen LogP) is 3.40. The van der Waals surface area contributed by atoms with E-state index in [4.69, 9.17) is 0 Å². The van der Waals surface area contributed by atoms with Crippen LogP contribution >= 0.6 is 15.9 Å². The van der Waals surface area contributed by atoms with Gasteiger partial charge in [-0.3, -0.25) is 14.9 Å². The van der Waals surface area contributed by atoms with E-state index in [9.17, 15) is 19.3 Å². The molecule has 0 unspecified atom stereocenters. The topological polar surface area (TPSA) is 89.5 Å². The molecule has 7 nitrogen and oxygen atoms in total. The number of carbonyl (C=O) groups excluding carboxylic acids is 1. The second-order valence-corrected chi connectivity index (χ2v) is 5.47. The summed E-state index contributed by atoms with van der Waals surface area (Å²) in [5.74, 6) is -1.02. The highest BCUT2D eigenvalue weighted by Gasteiger charge is 2.15. The molecule has 2 aromatic heterocycles. The maximum absolute atomic E-state index is 13.1. The third-order valence-electron chi connectivity index (χ3n) is 3.06. The number of nitro benzene ring substituents is 1. The number of carbonyl (C=O) groups is 1. The summed E-state index contributed by atoms with van der Waals surface area (Å²) in [6.07, 6.45) is 2.57. The zero-order chi connectivity index (χ0) is 16.6. The quantitative estimate of drug-likeness (QED) is 0.558. The number of nitro groups is 1. The summed E-state index contributed by atoms with van der Waals surface area (Å²) in [4.78, 5) is 26.5. The normalized spacial score (nSPS) is 10.7. The number of imidazole rings is 1. The monoisotopic (exact) mass is 378 g/mol. The van der Waals surface area contributed by atoms with Crippen molar-refractivity contribution in [2.45, 2.75) is 0 Å². The molecular weight excluding hydrogens is 371 g/mol. The standard InChI is InChI=1S/C14H8BrFN4O3/c15-10-3-2-9(20(22)23)5-11(10)18-14(21)12-7-19-6-8(16)1-4-13(19)17-12/h1-7H,(H,18,21). The van der Waals surface area contributed by atoms with E-state index >= 15 is 0 Å². The molecule has 0 fully saturated rings. The van der Waals surface area contributed by atoms with Gasteiger partial charge in [-0.25, -0.2) is 9.37 Å². The summed E-state index contributed by atoms with van der Waals surface area (Å²) in [6, 6.07) is 6.69. The molecule has 9 heteroatoms. The number of halogens is 2. The van der Waals surface area contributed by atoms with Crippen molar-refractivity contribution in [1.82, 2.24) is 9.38 Å². The molecular formula is C14H8BrFN4O3. The molecule has 116 valence electrons. The number of hydrogen-bond donors (Lipinski definition) is 1. The molecule has 0 spiro atoms. The Labute approximate surface area is 137 Å². The molecule has 0 radical (unpaired) electrons. The van der Waals surface area contributed by atoms with Crippen LogP contribution in [0, 0.1) is 15.9 Å². The zero-order valence-electron chi connectivity index (χ0n) is 11.4. The fourth-order valence-electron chi connectivity index (χ4n) is 1.98. The number of aromatic nitrogens is 2. The lowest BCUT2D eigenvalue weighted by atomic mass is 10.2. The second-order valence-electron chi connectivity index (χ2n) is 4.61. The SMILES string of the molecule is O=C(Nc1cc([N+](=O)[O-])ccc1Br)c1cn2cc(F)ccc2n1. The number of anilines is 1. The Balaban J connectivity index is 1.91. The average Bonchev–Trinajstić information content (AvgIpc) is 2.92. The van der Waals surface area contributed by atoms with Crippen LogP contribution in [0.3, 0.4) is 0 Å². The van der Waals surface area contributed by atoms with E-state index < -0.39 is 16.6 Å². The van der Waals surface area contributed by atoms with Crippen molar-refractivity contribution in [3.63, 3.8) is 0 Å². The van der Waals surface area contributed by atoms with E-state index in [0.29, 0.717) is 10.1 Å². The first-order chi connectivity index (χ1) is 10.9. The minimum atomic E-state index is -0.560. The first-order valence-corrected chi connectivity index (χ1v) is 7.13. The Bertz CT molecular complexity index is 941. The highest BCUT2D eigenvalue weighted by atomic mass is 79.9. The molecule has 0 aliphatic rings. The fraction of sp³-hybridized carbons (Fsp3) is 0. The van der Waals surface area contributed by atoms with E-state index in [1.54, 1.807) is 0 Å². The largest absolute Gasteiger partial charge is 0.319 e. The fourth-order valence-corrected chi connectivity index (χ4v) is 2.33. The van der Waals surface area contributed by atoms with Crippen LogP contribution in [0.2, 0.25) is 0 Å². The minimum Gasteiger partial charge on any atom is -0.319 e. The van der Waals surface area contributed by atoms with Crippen LogP contribution in [-0.4, -0.2) is 20.2 Å². The molecule has 2 heterocycles. The van der Waals surface area contributed by atoms with Gasteiger partial charge < -0.3 is 9.72 Å². The van der Waals surface area contributed by atoms with Gasteiger partial charge in [-0.1, -0.05) is 0 Å². The van der Waals surface area contributed by atoms with Gasteiger partial charge in [-0.15, -0.1) is 0 Å². The van der Waals surface area contributed by atoms with Crippen LogP contribution < -0.4 is 5.32 Å². The van der Waals surface area contributed by atoms with E-state index in [1.807, 2.05) is 0 Å². The Morgan fingerprint density at radius 3 is 2.83 bits per heavy atom. The lowest BCUT2D eigenvalue weighted by Gasteiger charge is -2.05. The van der Waals surface area contributed by atoms with Crippen molar-refractivity contribution in [3.8, 4) is 0 Å². The Morgan fingerprint density at radius 1 is 1.30 bits per heavy atom. The summed E-state index contributed by atoms with van der Waals surface area (Å²) < 4.78 is 15.0. The van der Waals surface area contributed by atoms with E-state index in [-0.39, 0.29) is 17.1 Å². The molecule has 1 amide bonds. The van der Waals surface area contributed by atoms with Gasteiger partial charge in [-0.05, 0) is 34.1 Å². The number of nitrogens with one attached hydrogen (secondary N) is 1. The molecule has 0 atom stereocenters. The van der Waals surface area contributed by atoms with Gasteiger partial charge in [0, 0.05) is 29.0 Å². The molecule has 23 heavy (non-hydrogen) atoms. The van der Waals surface area contributed by atoms with Gasteiger partial charge in [-0.2, -0.15) is 0 Å². The van der Waals surface area contributed by atoms with Crippen LogP contribution in [0.15, 0.2) is 47.2 Å². The Morgan fingerprint density at radius 2 is 2.09 bits per heavy atom. The summed E-state index contributed by atoms with van der Waals surface area (Å²) in [6.45, 7) is 0. The molecule has 0 aliphatic carbocycles. The number of fused-ring (bicyclic) bond motifs is 1. The number of pyridine rings is 1. The summed E-state index contributed by atoms with van der Waals surface area (Å²) >= 11 is 3.21. The number of amides is 1. The van der Waals surface area contributed by atoms with E-state index in [1.165, 1.54) is 47.1 Å². The van der Waals surface area contributed by atoms with Gasteiger partial charge in [0.25, 0.3) is 11.6 Å². The number of benzene rings is 1. The third kappa shape index (κ3) is 3.04. The second kappa shape index (κ2) is 5.76. The zero-order valence-corrected chi connectivity index (χ0v) is 12.9. The number of rotatable bonds is 3. The highest BCUT2D eigenvalue weighted by Crippen LogP contribution is 2.27. The molecule has 3 aromatic rings. The lowest BCUT2D eigenvalue weighted by molar-refractivity contribution is -0.384. The van der Waals surface area contributed by atoms with Crippen LogP contribution in [0.4, 0.5) is 15.8 Å². The maximum Gasteiger partial charge on any atom is 0.275 e. The van der Waals surface area contributed by atoms with Crippen molar-refractivity contribution in [3.05, 3.63) is 68.8 Å². The van der Waals surface area contributed by atoms with E-state index in [0.717, 1.165) is 0 Å². The Kier molecular flexibility index (Phi) is 3.78. The van der Waals surface area contributed by atoms with Crippen molar-refractivity contribution in [1.29, 1.82) is 0 Å². The van der Waals surface area contributed by atoms with Crippen LogP contribution in [0.1, 0.15) is 10.5 Å². The predicted molar refractivity (Wildman–Crippen MR) is 83.9 cm³/mol. The number of non-ortho nitro benzene ring substituents is 1. The molecule has 1 aromatic carbocycles. The van der Waals surface area contributed by atoms with Crippen LogP contribution in [0.5, 0.6) is 0 Å². The van der Waals surface area contributed by atoms with Gasteiger partial charge in [0.2, 0.25) is 0 Å². The van der Waals surface area contributed by atoms with Crippen molar-refractivity contribution >= 4 is 38.9 Å². The third-order valence-corrected chi connectivity index (χ3v) is 3.75. The van der Waals surface area contributed by atoms with Crippen LogP contribution in [-0.2, 0) is 0 Å². The Hall–Kier alpha value is -2.81. The first kappa shape index (κ1) is 15.1. The number of nitrogens with zero attached hydrogens (tertiary/aromatic N) is 3. The van der Waals surface area contributed by atoms with E-state index in [2.05, 4.69) is 26.2 Å². The smallest absolute Gasteiger partial charge is 0.275 e.